The first-order chi connectivity index (χ1) is 8.82. The number of hydrogen-bond donors (Lipinski definition) is 3. The van der Waals surface area contributed by atoms with Crippen LogP contribution in [0.3, 0.4) is 0 Å². The Morgan fingerprint density at radius 1 is 1.21 bits per heavy atom. The fraction of sp³-hybridized carbons (Fsp3) is 0.692. The Labute approximate surface area is 112 Å². The van der Waals surface area contributed by atoms with E-state index in [2.05, 4.69) is 24.3 Å². The van der Waals surface area contributed by atoms with Crippen LogP contribution in [0.5, 0.6) is 0 Å². The average Bonchev–Trinajstić information content (AvgIpc) is 2.33. The molecule has 0 aliphatic carbocycles. The smallest absolute Gasteiger partial charge is 0.268 e. The second-order valence-electron chi connectivity index (χ2n) is 5.31. The third-order valence-electron chi connectivity index (χ3n) is 3.03. The number of aromatic amines is 1. The van der Waals surface area contributed by atoms with E-state index < -0.39 is 6.10 Å². The van der Waals surface area contributed by atoms with Gasteiger partial charge in [-0.1, -0.05) is 13.8 Å². The zero-order valence-electron chi connectivity index (χ0n) is 12.0. The molecule has 0 bridgehead atoms. The molecule has 0 saturated carbocycles. The molecule has 6 nitrogen and oxygen atoms in total. The molecule has 0 aliphatic heterocycles. The Morgan fingerprint density at radius 2 is 1.84 bits per heavy atom. The van der Waals surface area contributed by atoms with Gasteiger partial charge in [-0.25, -0.2) is 4.68 Å². The van der Waals surface area contributed by atoms with E-state index in [1.165, 1.54) is 4.68 Å². The molecule has 0 aliphatic rings. The molecule has 0 radical (unpaired) electrons. The van der Waals surface area contributed by atoms with Crippen LogP contribution in [0.4, 0.5) is 0 Å². The fourth-order valence-electron chi connectivity index (χ4n) is 1.73. The van der Waals surface area contributed by atoms with Crippen LogP contribution < -0.4 is 16.4 Å². The lowest BCUT2D eigenvalue weighted by Crippen LogP contribution is -2.39. The number of aliphatic hydroxyl groups excluding tert-OH is 1. The highest BCUT2D eigenvalue weighted by atomic mass is 16.3. The molecular weight excluding hydrogens is 246 g/mol. The highest BCUT2D eigenvalue weighted by Gasteiger charge is 2.11. The van der Waals surface area contributed by atoms with Gasteiger partial charge in [0.1, 0.15) is 0 Å². The number of rotatable bonds is 6. The molecule has 6 heteroatoms. The zero-order chi connectivity index (χ0) is 14.6. The van der Waals surface area contributed by atoms with Gasteiger partial charge in [0.2, 0.25) is 0 Å². The highest BCUT2D eigenvalue weighted by Crippen LogP contribution is 1.93. The molecule has 1 aromatic rings. The van der Waals surface area contributed by atoms with Crippen molar-refractivity contribution in [1.82, 2.24) is 15.1 Å². The zero-order valence-corrected chi connectivity index (χ0v) is 12.0. The van der Waals surface area contributed by atoms with E-state index in [1.807, 2.05) is 0 Å². The summed E-state index contributed by atoms with van der Waals surface area (Å²) in [6.07, 6.45) is -0.714. The summed E-state index contributed by atoms with van der Waals surface area (Å²) in [7, 11) is 0. The Hall–Kier alpha value is -1.40. The Balaban J connectivity index is 2.72. The average molecular weight is 269 g/mol. The summed E-state index contributed by atoms with van der Waals surface area (Å²) < 4.78 is 1.17. The SMILES string of the molecule is Cc1c(C)c(=O)n(CC(O)CNCC(C)C)[nH]c1=O. The standard InChI is InChI=1S/C13H23N3O3/c1-8(2)5-14-6-11(17)7-16-13(19)10(4)9(3)12(18)15-16/h8,11,14,17H,5-7H2,1-4H3,(H,15,18). The van der Waals surface area contributed by atoms with Gasteiger partial charge in [0, 0.05) is 17.7 Å². The van der Waals surface area contributed by atoms with E-state index in [4.69, 9.17) is 0 Å². The van der Waals surface area contributed by atoms with E-state index >= 15 is 0 Å². The number of H-pyrrole nitrogens is 1. The quantitative estimate of drug-likeness (QED) is 0.665. The molecule has 0 amide bonds. The van der Waals surface area contributed by atoms with Crippen molar-refractivity contribution in [3.05, 3.63) is 31.8 Å². The molecule has 108 valence electrons. The third-order valence-corrected chi connectivity index (χ3v) is 3.03. The Morgan fingerprint density at radius 3 is 2.42 bits per heavy atom. The molecule has 1 aromatic heterocycles. The summed E-state index contributed by atoms with van der Waals surface area (Å²) in [5.74, 6) is 0.497. The monoisotopic (exact) mass is 269 g/mol. The normalized spacial score (nSPS) is 12.9. The minimum atomic E-state index is -0.714. The third kappa shape index (κ3) is 4.33. The van der Waals surface area contributed by atoms with Gasteiger partial charge in [-0.2, -0.15) is 0 Å². The lowest BCUT2D eigenvalue weighted by molar-refractivity contribution is 0.143. The molecule has 0 fully saturated rings. The Kier molecular flexibility index (Phi) is 5.50. The van der Waals surface area contributed by atoms with Crippen LogP contribution in [0, 0.1) is 19.8 Å². The van der Waals surface area contributed by atoms with E-state index in [-0.39, 0.29) is 17.7 Å². The van der Waals surface area contributed by atoms with Gasteiger partial charge in [-0.15, -0.1) is 0 Å². The number of nitrogens with zero attached hydrogens (tertiary/aromatic N) is 1. The van der Waals surface area contributed by atoms with Crippen LogP contribution in [-0.4, -0.2) is 34.1 Å². The molecule has 0 saturated heterocycles. The van der Waals surface area contributed by atoms with E-state index in [0.717, 1.165) is 6.54 Å². The van der Waals surface area contributed by atoms with Crippen LogP contribution >= 0.6 is 0 Å². The second-order valence-corrected chi connectivity index (χ2v) is 5.31. The van der Waals surface area contributed by atoms with Crippen molar-refractivity contribution in [1.29, 1.82) is 0 Å². The molecule has 0 spiro atoms. The molecular formula is C13H23N3O3. The summed E-state index contributed by atoms with van der Waals surface area (Å²) >= 11 is 0. The summed E-state index contributed by atoms with van der Waals surface area (Å²) in [5, 5.41) is 15.4. The van der Waals surface area contributed by atoms with E-state index in [9.17, 15) is 14.7 Å². The molecule has 1 heterocycles. The van der Waals surface area contributed by atoms with Crippen molar-refractivity contribution >= 4 is 0 Å². The lowest BCUT2D eigenvalue weighted by Gasteiger charge is -2.15. The predicted molar refractivity (Wildman–Crippen MR) is 74.5 cm³/mol. The van der Waals surface area contributed by atoms with Crippen molar-refractivity contribution in [2.45, 2.75) is 40.3 Å². The first kappa shape index (κ1) is 15.7. The van der Waals surface area contributed by atoms with Gasteiger partial charge in [0.25, 0.3) is 11.1 Å². The molecule has 1 unspecified atom stereocenters. The highest BCUT2D eigenvalue weighted by molar-refractivity contribution is 5.17. The lowest BCUT2D eigenvalue weighted by atomic mass is 10.2. The minimum absolute atomic E-state index is 0.0836. The molecule has 1 rings (SSSR count). The van der Waals surface area contributed by atoms with Crippen LogP contribution in [0.25, 0.3) is 0 Å². The van der Waals surface area contributed by atoms with Crippen LogP contribution in [0.1, 0.15) is 25.0 Å². The van der Waals surface area contributed by atoms with Crippen molar-refractivity contribution in [2.24, 2.45) is 5.92 Å². The number of aliphatic hydroxyl groups is 1. The maximum Gasteiger partial charge on any atom is 0.268 e. The summed E-state index contributed by atoms with van der Waals surface area (Å²) in [6.45, 7) is 8.65. The second kappa shape index (κ2) is 6.68. The first-order valence-electron chi connectivity index (χ1n) is 6.52. The Bertz CT molecular complexity index is 531. The maximum absolute atomic E-state index is 11.9. The van der Waals surface area contributed by atoms with E-state index in [1.54, 1.807) is 13.8 Å². The van der Waals surface area contributed by atoms with Gasteiger partial charge in [-0.3, -0.25) is 14.7 Å². The van der Waals surface area contributed by atoms with Crippen LogP contribution in [-0.2, 0) is 6.54 Å². The van der Waals surface area contributed by atoms with Crippen molar-refractivity contribution in [3.63, 3.8) is 0 Å². The van der Waals surface area contributed by atoms with Gasteiger partial charge in [0.15, 0.2) is 0 Å². The maximum atomic E-state index is 11.9. The van der Waals surface area contributed by atoms with Crippen LogP contribution in [0.2, 0.25) is 0 Å². The summed E-state index contributed by atoms with van der Waals surface area (Å²) in [4.78, 5) is 23.5. The van der Waals surface area contributed by atoms with Crippen molar-refractivity contribution in [2.75, 3.05) is 13.1 Å². The fourth-order valence-corrected chi connectivity index (χ4v) is 1.73. The number of nitrogens with one attached hydrogen (secondary N) is 2. The molecule has 1 atom stereocenters. The number of hydrogen-bond acceptors (Lipinski definition) is 4. The molecule has 19 heavy (non-hydrogen) atoms. The van der Waals surface area contributed by atoms with Crippen molar-refractivity contribution in [3.8, 4) is 0 Å². The predicted octanol–water partition coefficient (Wildman–Crippen LogP) is -0.240. The van der Waals surface area contributed by atoms with Gasteiger partial charge < -0.3 is 10.4 Å². The minimum Gasteiger partial charge on any atom is -0.390 e. The summed E-state index contributed by atoms with van der Waals surface area (Å²) in [5.41, 5.74) is 0.291. The largest absolute Gasteiger partial charge is 0.390 e. The summed E-state index contributed by atoms with van der Waals surface area (Å²) in [6, 6.07) is 0. The van der Waals surface area contributed by atoms with E-state index in [0.29, 0.717) is 23.6 Å². The van der Waals surface area contributed by atoms with Gasteiger partial charge in [-0.05, 0) is 26.3 Å². The first-order valence-corrected chi connectivity index (χ1v) is 6.52. The van der Waals surface area contributed by atoms with Gasteiger partial charge >= 0.3 is 0 Å². The number of aromatic nitrogens is 2. The van der Waals surface area contributed by atoms with Crippen molar-refractivity contribution < 1.29 is 5.11 Å². The molecule has 0 aromatic carbocycles. The van der Waals surface area contributed by atoms with Crippen LogP contribution in [0.15, 0.2) is 9.59 Å². The van der Waals surface area contributed by atoms with Gasteiger partial charge in [0.05, 0.1) is 12.6 Å². The topological polar surface area (TPSA) is 87.1 Å². The molecule has 3 N–H and O–H groups in total.